The number of fused-ring (bicyclic) bond motifs is 1. The highest BCUT2D eigenvalue weighted by atomic mass is 32.2. The van der Waals surface area contributed by atoms with Crippen molar-refractivity contribution in [2.24, 2.45) is 0 Å². The van der Waals surface area contributed by atoms with Crippen LogP contribution in [0.1, 0.15) is 59.9 Å². The van der Waals surface area contributed by atoms with Gasteiger partial charge in [-0.25, -0.2) is 18.1 Å². The van der Waals surface area contributed by atoms with Gasteiger partial charge < -0.3 is 26.2 Å². The third-order valence-electron chi connectivity index (χ3n) is 10.3. The molecule has 19 heteroatoms. The lowest BCUT2D eigenvalue weighted by molar-refractivity contribution is -0.136. The minimum atomic E-state index is -3.72. The van der Waals surface area contributed by atoms with Crippen LogP contribution in [0.5, 0.6) is 0 Å². The SMILES string of the molecule is Cc1cnc(Nc2ccc(N3CCN(CC(=O)NCCNc4ccc5c(c4)C(=O)N(C4CCC(=O)NC4=O)C5=O)CC3)cc2)nc1Nc1cccc(S(=O)(=O)NC(C)(C)C)c1. The normalized spacial score (nSPS) is 17.2. The van der Waals surface area contributed by atoms with Crippen molar-refractivity contribution >= 4 is 74.1 Å². The van der Waals surface area contributed by atoms with Gasteiger partial charge in [-0.2, -0.15) is 4.98 Å². The number of benzene rings is 3. The maximum atomic E-state index is 13.1. The predicted octanol–water partition coefficient (Wildman–Crippen LogP) is 3.10. The predicted molar refractivity (Wildman–Crippen MR) is 230 cm³/mol. The molecule has 2 saturated heterocycles. The number of aryl methyl sites for hydroxylation is 1. The summed E-state index contributed by atoms with van der Waals surface area (Å²) in [6.07, 6.45) is 1.83. The zero-order valence-electron chi connectivity index (χ0n) is 34.4. The van der Waals surface area contributed by atoms with Crippen molar-refractivity contribution < 1.29 is 32.4 Å². The lowest BCUT2D eigenvalue weighted by Gasteiger charge is -2.35. The lowest BCUT2D eigenvalue weighted by Crippen LogP contribution is -2.54. The second kappa shape index (κ2) is 17.6. The fourth-order valence-electron chi connectivity index (χ4n) is 7.27. The Morgan fingerprint density at radius 3 is 2.30 bits per heavy atom. The first kappa shape index (κ1) is 42.7. The summed E-state index contributed by atoms with van der Waals surface area (Å²) in [6, 6.07) is 18.2. The molecule has 0 radical (unpaired) electrons. The molecule has 1 unspecified atom stereocenters. The molecule has 1 atom stereocenters. The molecule has 3 aliphatic heterocycles. The molecule has 18 nitrogen and oxygen atoms in total. The zero-order chi connectivity index (χ0) is 43.5. The van der Waals surface area contributed by atoms with E-state index in [0.717, 1.165) is 34.9 Å². The number of hydrogen-bond donors (Lipinski definition) is 6. The Balaban J connectivity index is 0.836. The van der Waals surface area contributed by atoms with Crippen LogP contribution in [0.15, 0.2) is 77.8 Å². The molecule has 0 saturated carbocycles. The quantitative estimate of drug-likeness (QED) is 0.0792. The fourth-order valence-corrected chi connectivity index (χ4v) is 8.73. The third kappa shape index (κ3) is 10.3. The van der Waals surface area contributed by atoms with Gasteiger partial charge in [0.1, 0.15) is 11.9 Å². The third-order valence-corrected chi connectivity index (χ3v) is 12.0. The van der Waals surface area contributed by atoms with Crippen molar-refractivity contribution in [1.29, 1.82) is 0 Å². The van der Waals surface area contributed by atoms with Crippen LogP contribution in [0, 0.1) is 6.92 Å². The standard InChI is InChI=1S/C42H49N11O7S/c1-26-24-45-41(49-37(26)46-29-6-5-7-31(22-29)61(59,60)50-42(2,3)4)47-27-8-11-30(12-9-27)52-20-18-51(19-21-52)25-36(55)44-17-16-43-28-10-13-32-33(23-28)40(58)53(39(32)57)34-14-15-35(54)48-38(34)56/h5-13,22-24,34,43,50H,14-21,25H2,1-4H3,(H,44,55)(H,48,54,56)(H2,45,46,47,49). The Hall–Kier alpha value is -6.44. The monoisotopic (exact) mass is 851 g/mol. The van der Waals surface area contributed by atoms with Crippen molar-refractivity contribution in [3.8, 4) is 0 Å². The van der Waals surface area contributed by atoms with E-state index in [9.17, 15) is 32.4 Å². The highest BCUT2D eigenvalue weighted by Gasteiger charge is 2.44. The van der Waals surface area contributed by atoms with E-state index in [1.54, 1.807) is 63.4 Å². The molecule has 3 aliphatic rings. The van der Waals surface area contributed by atoms with Crippen molar-refractivity contribution in [2.45, 2.75) is 57.0 Å². The van der Waals surface area contributed by atoms with Gasteiger partial charge in [-0.3, -0.25) is 39.1 Å². The maximum absolute atomic E-state index is 13.1. The van der Waals surface area contributed by atoms with E-state index < -0.39 is 45.2 Å². The number of carbonyl (C=O) groups excluding carboxylic acids is 5. The number of amides is 5. The average molecular weight is 852 g/mol. The van der Waals surface area contributed by atoms with Gasteiger partial charge in [-0.15, -0.1) is 0 Å². The van der Waals surface area contributed by atoms with Gasteiger partial charge >= 0.3 is 0 Å². The van der Waals surface area contributed by atoms with Crippen LogP contribution in [-0.2, 0) is 24.4 Å². The van der Waals surface area contributed by atoms with Crippen molar-refractivity contribution in [3.63, 3.8) is 0 Å². The number of imide groups is 2. The van der Waals surface area contributed by atoms with Gasteiger partial charge in [-0.05, 0) is 94.8 Å². The van der Waals surface area contributed by atoms with E-state index in [-0.39, 0.29) is 41.3 Å². The van der Waals surface area contributed by atoms with Gasteiger partial charge in [-0.1, -0.05) is 6.07 Å². The van der Waals surface area contributed by atoms with E-state index in [1.165, 1.54) is 6.07 Å². The van der Waals surface area contributed by atoms with E-state index in [0.29, 0.717) is 49.3 Å². The van der Waals surface area contributed by atoms with Gasteiger partial charge in [0, 0.05) is 85.7 Å². The number of rotatable bonds is 14. The zero-order valence-corrected chi connectivity index (χ0v) is 35.2. The summed E-state index contributed by atoms with van der Waals surface area (Å²) in [5.74, 6) is -1.42. The van der Waals surface area contributed by atoms with Gasteiger partial charge in [0.2, 0.25) is 33.7 Å². The summed E-state index contributed by atoms with van der Waals surface area (Å²) >= 11 is 0. The highest BCUT2D eigenvalue weighted by Crippen LogP contribution is 2.30. The average Bonchev–Trinajstić information content (AvgIpc) is 3.45. The molecule has 7 rings (SSSR count). The first-order valence-electron chi connectivity index (χ1n) is 20.0. The number of hydrogen-bond acceptors (Lipinski definition) is 14. The summed E-state index contributed by atoms with van der Waals surface area (Å²) in [6.45, 7) is 11.1. The minimum absolute atomic E-state index is 0.0513. The summed E-state index contributed by atoms with van der Waals surface area (Å²) < 4.78 is 28.4. The Morgan fingerprint density at radius 2 is 1.57 bits per heavy atom. The van der Waals surface area contributed by atoms with E-state index in [2.05, 4.69) is 51.1 Å². The number of sulfonamides is 1. The molecule has 0 bridgehead atoms. The molecule has 1 aromatic heterocycles. The molecule has 0 spiro atoms. The Labute approximate surface area is 353 Å². The van der Waals surface area contributed by atoms with Gasteiger partial charge in [0.05, 0.1) is 22.6 Å². The lowest BCUT2D eigenvalue weighted by atomic mass is 10.0. The molecular formula is C42H49N11O7S. The molecule has 4 aromatic rings. The van der Waals surface area contributed by atoms with Crippen LogP contribution in [0.4, 0.5) is 34.5 Å². The largest absolute Gasteiger partial charge is 0.383 e. The first-order chi connectivity index (χ1) is 29.0. The Bertz CT molecular complexity index is 2470. The number of piperidine rings is 1. The van der Waals surface area contributed by atoms with Gasteiger partial charge in [0.25, 0.3) is 11.8 Å². The number of aromatic nitrogens is 2. The van der Waals surface area contributed by atoms with Crippen LogP contribution in [0.25, 0.3) is 0 Å². The molecular weight excluding hydrogens is 803 g/mol. The van der Waals surface area contributed by atoms with Crippen LogP contribution >= 0.6 is 0 Å². The smallest absolute Gasteiger partial charge is 0.262 e. The maximum Gasteiger partial charge on any atom is 0.262 e. The molecule has 6 N–H and O–H groups in total. The fraction of sp³-hybridized carbons (Fsp3) is 0.357. The van der Waals surface area contributed by atoms with Crippen molar-refractivity contribution in [1.82, 2.24) is 35.1 Å². The van der Waals surface area contributed by atoms with E-state index in [1.807, 2.05) is 31.2 Å². The molecule has 2 fully saturated rings. The van der Waals surface area contributed by atoms with E-state index in [4.69, 9.17) is 0 Å². The Morgan fingerprint density at radius 1 is 0.852 bits per heavy atom. The molecule has 3 aromatic carbocycles. The molecule has 61 heavy (non-hydrogen) atoms. The molecule has 320 valence electrons. The van der Waals surface area contributed by atoms with Crippen LogP contribution in [-0.4, -0.2) is 115 Å². The number of carbonyl (C=O) groups is 5. The topological polar surface area (TPSA) is 227 Å². The summed E-state index contributed by atoms with van der Waals surface area (Å²) in [7, 11) is -3.72. The second-order valence-electron chi connectivity index (χ2n) is 16.2. The van der Waals surface area contributed by atoms with Crippen LogP contribution in [0.2, 0.25) is 0 Å². The summed E-state index contributed by atoms with van der Waals surface area (Å²) in [4.78, 5) is 77.2. The summed E-state index contributed by atoms with van der Waals surface area (Å²) in [5, 5.41) is 14.8. The molecule has 0 aliphatic carbocycles. The summed E-state index contributed by atoms with van der Waals surface area (Å²) in [5.41, 5.74) is 3.54. The first-order valence-corrected chi connectivity index (χ1v) is 21.5. The van der Waals surface area contributed by atoms with E-state index >= 15 is 0 Å². The Kier molecular flexibility index (Phi) is 12.3. The van der Waals surface area contributed by atoms with Gasteiger partial charge in [0.15, 0.2) is 0 Å². The van der Waals surface area contributed by atoms with Crippen LogP contribution < -0.4 is 36.2 Å². The van der Waals surface area contributed by atoms with Crippen LogP contribution in [0.3, 0.4) is 0 Å². The number of anilines is 6. The van der Waals surface area contributed by atoms with Crippen molar-refractivity contribution in [2.75, 3.05) is 66.7 Å². The second-order valence-corrected chi connectivity index (χ2v) is 17.8. The minimum Gasteiger partial charge on any atom is -0.383 e. The number of nitrogens with one attached hydrogen (secondary N) is 6. The highest BCUT2D eigenvalue weighted by molar-refractivity contribution is 7.89. The van der Waals surface area contributed by atoms with Crippen molar-refractivity contribution in [3.05, 3.63) is 89.6 Å². The number of piperazine rings is 1. The number of nitrogens with zero attached hydrogens (tertiary/aromatic N) is 5. The molecule has 4 heterocycles. The molecule has 5 amide bonds.